The highest BCUT2D eigenvalue weighted by Gasteiger charge is 2.15. The second-order valence-electron chi connectivity index (χ2n) is 3.52. The van der Waals surface area contributed by atoms with E-state index in [0.717, 1.165) is 6.54 Å². The van der Waals surface area contributed by atoms with E-state index in [9.17, 15) is 0 Å². The van der Waals surface area contributed by atoms with Crippen molar-refractivity contribution in [1.29, 1.82) is 0 Å². The maximum absolute atomic E-state index is 3.50. The zero-order valence-electron chi connectivity index (χ0n) is 8.01. The Balaban J connectivity index is 2.18. The lowest BCUT2D eigenvalue weighted by atomic mass is 10.0. The first-order chi connectivity index (χ1) is 6.40. The Labute approximate surface area is 79.4 Å². The maximum Gasteiger partial charge on any atom is 0.0340 e. The van der Waals surface area contributed by atoms with Crippen molar-refractivity contribution in [1.82, 2.24) is 5.32 Å². The fraction of sp³-hybridized carbons (Fsp3) is 0.455. The molecular weight excluding hydrogens is 160 g/mol. The van der Waals surface area contributed by atoms with Crippen molar-refractivity contribution < 1.29 is 0 Å². The molecule has 0 amide bonds. The molecule has 1 unspecified atom stereocenters. The van der Waals surface area contributed by atoms with Gasteiger partial charge in [-0.25, -0.2) is 0 Å². The summed E-state index contributed by atoms with van der Waals surface area (Å²) in [5.74, 6) is 0. The van der Waals surface area contributed by atoms with Gasteiger partial charge in [-0.15, -0.1) is 0 Å². The Morgan fingerprint density at radius 2 is 2.38 bits per heavy atom. The summed E-state index contributed by atoms with van der Waals surface area (Å²) in [6.07, 6.45) is 2.57. The molecule has 2 N–H and O–H groups in total. The molecule has 0 aliphatic carbocycles. The van der Waals surface area contributed by atoms with E-state index in [-0.39, 0.29) is 0 Å². The first kappa shape index (κ1) is 8.57. The van der Waals surface area contributed by atoms with Crippen molar-refractivity contribution >= 4 is 5.69 Å². The van der Waals surface area contributed by atoms with Crippen molar-refractivity contribution in [3.8, 4) is 0 Å². The molecule has 1 fully saturated rings. The van der Waals surface area contributed by atoms with Crippen LogP contribution >= 0.6 is 0 Å². The van der Waals surface area contributed by atoms with Gasteiger partial charge in [-0.2, -0.15) is 0 Å². The van der Waals surface area contributed by atoms with E-state index in [4.69, 9.17) is 0 Å². The monoisotopic (exact) mass is 176 g/mol. The number of anilines is 1. The topological polar surface area (TPSA) is 24.1 Å². The first-order valence-corrected chi connectivity index (χ1v) is 4.91. The summed E-state index contributed by atoms with van der Waals surface area (Å²) in [5.41, 5.74) is 2.61. The molecule has 1 atom stereocenters. The van der Waals surface area contributed by atoms with Gasteiger partial charge in [0.15, 0.2) is 0 Å². The lowest BCUT2D eigenvalue weighted by Crippen LogP contribution is -2.12. The predicted octanol–water partition coefficient (Wildman–Crippen LogP) is 2.15. The zero-order chi connectivity index (χ0) is 9.10. The molecule has 0 aromatic heterocycles. The molecule has 1 aliphatic heterocycles. The van der Waals surface area contributed by atoms with Crippen LogP contribution in [0.25, 0.3) is 0 Å². The van der Waals surface area contributed by atoms with Crippen molar-refractivity contribution in [2.75, 3.05) is 18.9 Å². The third kappa shape index (κ3) is 1.83. The highest BCUT2D eigenvalue weighted by atomic mass is 14.9. The standard InChI is InChI=1S/C11H16N2/c1-12-10-5-2-4-9(8-10)11-6-3-7-13-11/h2,4-5,8,11-13H,3,6-7H2,1H3. The molecule has 1 heterocycles. The molecule has 0 spiro atoms. The normalized spacial score (nSPS) is 21.8. The van der Waals surface area contributed by atoms with Gasteiger partial charge in [-0.05, 0) is 37.1 Å². The van der Waals surface area contributed by atoms with Gasteiger partial charge in [0.05, 0.1) is 0 Å². The largest absolute Gasteiger partial charge is 0.388 e. The Kier molecular flexibility index (Phi) is 2.50. The van der Waals surface area contributed by atoms with Gasteiger partial charge in [0.2, 0.25) is 0 Å². The van der Waals surface area contributed by atoms with E-state index in [1.807, 2.05) is 7.05 Å². The molecule has 0 bridgehead atoms. The molecule has 1 saturated heterocycles. The Morgan fingerprint density at radius 3 is 3.08 bits per heavy atom. The van der Waals surface area contributed by atoms with Crippen LogP contribution in [-0.4, -0.2) is 13.6 Å². The molecule has 1 aromatic rings. The second kappa shape index (κ2) is 3.79. The van der Waals surface area contributed by atoms with Crippen LogP contribution in [0.4, 0.5) is 5.69 Å². The lowest BCUT2D eigenvalue weighted by Gasteiger charge is -2.11. The average Bonchev–Trinajstić information content (AvgIpc) is 2.71. The van der Waals surface area contributed by atoms with Gasteiger partial charge in [-0.1, -0.05) is 12.1 Å². The Morgan fingerprint density at radius 1 is 1.46 bits per heavy atom. The number of hydrogen-bond acceptors (Lipinski definition) is 2. The van der Waals surface area contributed by atoms with Crippen LogP contribution < -0.4 is 10.6 Å². The fourth-order valence-electron chi connectivity index (χ4n) is 1.88. The van der Waals surface area contributed by atoms with Gasteiger partial charge in [0.1, 0.15) is 0 Å². The Hall–Kier alpha value is -1.02. The molecular formula is C11H16N2. The summed E-state index contributed by atoms with van der Waals surface area (Å²) in [6.45, 7) is 1.16. The van der Waals surface area contributed by atoms with Crippen molar-refractivity contribution in [3.63, 3.8) is 0 Å². The molecule has 2 nitrogen and oxygen atoms in total. The highest BCUT2D eigenvalue weighted by molar-refractivity contribution is 5.45. The van der Waals surface area contributed by atoms with E-state index < -0.39 is 0 Å². The van der Waals surface area contributed by atoms with Crippen molar-refractivity contribution in [2.45, 2.75) is 18.9 Å². The summed E-state index contributed by atoms with van der Waals surface area (Å²) in [4.78, 5) is 0. The van der Waals surface area contributed by atoms with E-state index in [1.165, 1.54) is 24.1 Å². The summed E-state index contributed by atoms with van der Waals surface area (Å²) in [5, 5.41) is 6.66. The molecule has 1 aliphatic rings. The SMILES string of the molecule is CNc1cccc(C2CCCN2)c1. The van der Waals surface area contributed by atoms with Crippen LogP contribution in [0.1, 0.15) is 24.4 Å². The van der Waals surface area contributed by atoms with Gasteiger partial charge in [-0.3, -0.25) is 0 Å². The van der Waals surface area contributed by atoms with E-state index >= 15 is 0 Å². The van der Waals surface area contributed by atoms with Gasteiger partial charge in [0.25, 0.3) is 0 Å². The molecule has 0 saturated carbocycles. The first-order valence-electron chi connectivity index (χ1n) is 4.91. The number of nitrogens with one attached hydrogen (secondary N) is 2. The van der Waals surface area contributed by atoms with E-state index in [1.54, 1.807) is 0 Å². The van der Waals surface area contributed by atoms with E-state index in [2.05, 4.69) is 34.9 Å². The van der Waals surface area contributed by atoms with Crippen LogP contribution in [0.15, 0.2) is 24.3 Å². The number of benzene rings is 1. The van der Waals surface area contributed by atoms with Crippen molar-refractivity contribution in [2.24, 2.45) is 0 Å². The van der Waals surface area contributed by atoms with Crippen LogP contribution in [0.3, 0.4) is 0 Å². The minimum Gasteiger partial charge on any atom is -0.388 e. The minimum absolute atomic E-state index is 0.577. The van der Waals surface area contributed by atoms with Crippen LogP contribution in [0.2, 0.25) is 0 Å². The number of rotatable bonds is 2. The summed E-state index contributed by atoms with van der Waals surface area (Å²) in [7, 11) is 1.96. The Bertz CT molecular complexity index is 277. The quantitative estimate of drug-likeness (QED) is 0.721. The summed E-state index contributed by atoms with van der Waals surface area (Å²) >= 11 is 0. The van der Waals surface area contributed by atoms with E-state index in [0.29, 0.717) is 6.04 Å². The summed E-state index contributed by atoms with van der Waals surface area (Å²) < 4.78 is 0. The lowest BCUT2D eigenvalue weighted by molar-refractivity contribution is 0.648. The highest BCUT2D eigenvalue weighted by Crippen LogP contribution is 2.24. The third-order valence-electron chi connectivity index (χ3n) is 2.64. The maximum atomic E-state index is 3.50. The van der Waals surface area contributed by atoms with Crippen LogP contribution in [0, 0.1) is 0 Å². The number of hydrogen-bond donors (Lipinski definition) is 2. The van der Waals surface area contributed by atoms with Gasteiger partial charge in [0, 0.05) is 18.8 Å². The van der Waals surface area contributed by atoms with Gasteiger partial charge < -0.3 is 10.6 Å². The summed E-state index contributed by atoms with van der Waals surface area (Å²) in [6, 6.07) is 9.21. The molecule has 0 radical (unpaired) electrons. The third-order valence-corrected chi connectivity index (χ3v) is 2.64. The molecule has 2 heteroatoms. The zero-order valence-corrected chi connectivity index (χ0v) is 8.01. The van der Waals surface area contributed by atoms with Crippen LogP contribution in [0.5, 0.6) is 0 Å². The molecule has 13 heavy (non-hydrogen) atoms. The smallest absolute Gasteiger partial charge is 0.0340 e. The molecule has 70 valence electrons. The average molecular weight is 176 g/mol. The minimum atomic E-state index is 0.577. The molecule has 1 aromatic carbocycles. The van der Waals surface area contributed by atoms with Gasteiger partial charge >= 0.3 is 0 Å². The fourth-order valence-corrected chi connectivity index (χ4v) is 1.88. The van der Waals surface area contributed by atoms with Crippen LogP contribution in [-0.2, 0) is 0 Å². The molecule has 2 rings (SSSR count). The second-order valence-corrected chi connectivity index (χ2v) is 3.52. The predicted molar refractivity (Wildman–Crippen MR) is 56.0 cm³/mol. The van der Waals surface area contributed by atoms with Crippen molar-refractivity contribution in [3.05, 3.63) is 29.8 Å².